The van der Waals surface area contributed by atoms with E-state index in [4.69, 9.17) is 0 Å². The average Bonchev–Trinajstić information content (AvgIpc) is 2.49. The number of nitrogens with zero attached hydrogens (tertiary/aromatic N) is 1. The molecule has 2 nitrogen and oxygen atoms in total. The van der Waals surface area contributed by atoms with E-state index in [1.807, 2.05) is 11.8 Å². The van der Waals surface area contributed by atoms with Crippen LogP contribution in [-0.2, 0) is 0 Å². The van der Waals surface area contributed by atoms with Crippen molar-refractivity contribution in [3.8, 4) is 0 Å². The van der Waals surface area contributed by atoms with E-state index in [1.165, 1.54) is 12.8 Å². The van der Waals surface area contributed by atoms with Gasteiger partial charge in [0.25, 0.3) is 0 Å². The summed E-state index contributed by atoms with van der Waals surface area (Å²) in [6.07, 6.45) is 3.36. The highest BCUT2D eigenvalue weighted by Gasteiger charge is 2.45. The second-order valence-corrected chi connectivity index (χ2v) is 6.28. The van der Waals surface area contributed by atoms with Crippen molar-refractivity contribution in [1.82, 2.24) is 4.90 Å². The highest BCUT2D eigenvalue weighted by Crippen LogP contribution is 2.44. The molecule has 2 fully saturated rings. The number of hydrogen-bond acceptors (Lipinski definition) is 3. The fourth-order valence-electron chi connectivity index (χ4n) is 2.79. The Morgan fingerprint density at radius 3 is 2.50 bits per heavy atom. The predicted molar refractivity (Wildman–Crippen MR) is 61.7 cm³/mol. The molecule has 2 aliphatic rings. The van der Waals surface area contributed by atoms with Crippen LogP contribution in [0.25, 0.3) is 0 Å². The summed E-state index contributed by atoms with van der Waals surface area (Å²) in [6.45, 7) is 4.50. The summed E-state index contributed by atoms with van der Waals surface area (Å²) >= 11 is 1.94. The average molecular weight is 215 g/mol. The standard InChI is InChI=1S/C11H21NOS/c1-9-11(13,5-8-14-9)10-3-6-12(2)7-4-10/h9-10,13H,3-8H2,1-2H3. The lowest BCUT2D eigenvalue weighted by atomic mass is 9.77. The van der Waals surface area contributed by atoms with Gasteiger partial charge in [0, 0.05) is 5.25 Å². The quantitative estimate of drug-likeness (QED) is 0.718. The molecule has 2 unspecified atom stereocenters. The first-order valence-electron chi connectivity index (χ1n) is 5.65. The Hall–Kier alpha value is 0.270. The maximum atomic E-state index is 10.6. The van der Waals surface area contributed by atoms with Crippen molar-refractivity contribution < 1.29 is 5.11 Å². The minimum atomic E-state index is -0.355. The maximum absolute atomic E-state index is 10.6. The minimum Gasteiger partial charge on any atom is -0.388 e. The van der Waals surface area contributed by atoms with Gasteiger partial charge < -0.3 is 10.0 Å². The lowest BCUT2D eigenvalue weighted by molar-refractivity contribution is -0.0357. The van der Waals surface area contributed by atoms with Crippen LogP contribution in [0.2, 0.25) is 0 Å². The van der Waals surface area contributed by atoms with Crippen molar-refractivity contribution >= 4 is 11.8 Å². The molecule has 2 heterocycles. The Morgan fingerprint density at radius 1 is 1.36 bits per heavy atom. The summed E-state index contributed by atoms with van der Waals surface area (Å²) in [4.78, 5) is 2.37. The molecule has 0 amide bonds. The molecule has 3 heteroatoms. The largest absolute Gasteiger partial charge is 0.388 e. The van der Waals surface area contributed by atoms with Crippen LogP contribution < -0.4 is 0 Å². The van der Waals surface area contributed by atoms with E-state index in [1.54, 1.807) is 0 Å². The van der Waals surface area contributed by atoms with Crippen molar-refractivity contribution in [2.24, 2.45) is 5.92 Å². The smallest absolute Gasteiger partial charge is 0.0799 e. The van der Waals surface area contributed by atoms with Crippen molar-refractivity contribution in [3.63, 3.8) is 0 Å². The monoisotopic (exact) mass is 215 g/mol. The number of thioether (sulfide) groups is 1. The molecule has 0 aromatic carbocycles. The van der Waals surface area contributed by atoms with E-state index in [0.717, 1.165) is 25.3 Å². The molecule has 14 heavy (non-hydrogen) atoms. The van der Waals surface area contributed by atoms with E-state index >= 15 is 0 Å². The van der Waals surface area contributed by atoms with Crippen LogP contribution in [0.3, 0.4) is 0 Å². The Labute approximate surface area is 91.1 Å². The van der Waals surface area contributed by atoms with E-state index in [9.17, 15) is 5.11 Å². The van der Waals surface area contributed by atoms with Crippen molar-refractivity contribution in [3.05, 3.63) is 0 Å². The van der Waals surface area contributed by atoms with Crippen LogP contribution in [0, 0.1) is 5.92 Å². The SMILES string of the molecule is CC1SCCC1(O)C1CCN(C)CC1. The Kier molecular flexibility index (Phi) is 3.10. The van der Waals surface area contributed by atoms with Crippen molar-refractivity contribution in [1.29, 1.82) is 0 Å². The Balaban J connectivity index is 2.00. The third-order valence-electron chi connectivity index (χ3n) is 4.00. The van der Waals surface area contributed by atoms with Gasteiger partial charge in [-0.2, -0.15) is 11.8 Å². The predicted octanol–water partition coefficient (Wildman–Crippen LogP) is 1.58. The van der Waals surface area contributed by atoms with Crippen LogP contribution in [0.4, 0.5) is 0 Å². The van der Waals surface area contributed by atoms with Crippen LogP contribution in [0.15, 0.2) is 0 Å². The topological polar surface area (TPSA) is 23.5 Å². The molecule has 1 N–H and O–H groups in total. The molecule has 0 saturated carbocycles. The summed E-state index contributed by atoms with van der Waals surface area (Å²) in [6, 6.07) is 0. The van der Waals surface area contributed by atoms with Gasteiger partial charge in [0.1, 0.15) is 0 Å². The van der Waals surface area contributed by atoms with Gasteiger partial charge in [-0.05, 0) is 51.1 Å². The van der Waals surface area contributed by atoms with Gasteiger partial charge >= 0.3 is 0 Å². The molecule has 0 radical (unpaired) electrons. The summed E-state index contributed by atoms with van der Waals surface area (Å²) in [7, 11) is 2.17. The highest BCUT2D eigenvalue weighted by atomic mass is 32.2. The lowest BCUT2D eigenvalue weighted by Crippen LogP contribution is -2.47. The fourth-order valence-corrected chi connectivity index (χ4v) is 4.19. The van der Waals surface area contributed by atoms with Crippen LogP contribution in [0.5, 0.6) is 0 Å². The molecule has 2 atom stereocenters. The molecule has 0 aromatic rings. The van der Waals surface area contributed by atoms with E-state index in [0.29, 0.717) is 11.2 Å². The molecule has 0 spiro atoms. The molecule has 0 aromatic heterocycles. The van der Waals surface area contributed by atoms with Gasteiger partial charge in [-0.15, -0.1) is 0 Å². The number of likely N-dealkylation sites (tertiary alicyclic amines) is 1. The number of rotatable bonds is 1. The van der Waals surface area contributed by atoms with Gasteiger partial charge in [-0.3, -0.25) is 0 Å². The molecule has 2 rings (SSSR count). The van der Waals surface area contributed by atoms with E-state index < -0.39 is 0 Å². The zero-order chi connectivity index (χ0) is 10.2. The second-order valence-electron chi connectivity index (χ2n) is 4.83. The molecular formula is C11H21NOS. The van der Waals surface area contributed by atoms with Crippen molar-refractivity contribution in [2.45, 2.75) is 37.0 Å². The summed E-state index contributed by atoms with van der Waals surface area (Å²) in [5, 5.41) is 11.1. The first-order valence-corrected chi connectivity index (χ1v) is 6.70. The van der Waals surface area contributed by atoms with Crippen LogP contribution in [-0.4, -0.2) is 46.7 Å². The molecule has 2 aliphatic heterocycles. The van der Waals surface area contributed by atoms with Gasteiger partial charge in [0.05, 0.1) is 5.60 Å². The Bertz CT molecular complexity index is 203. The fraction of sp³-hybridized carbons (Fsp3) is 1.00. The second kappa shape index (κ2) is 4.03. The first kappa shape index (κ1) is 10.8. The third kappa shape index (κ3) is 1.82. The molecule has 0 aliphatic carbocycles. The third-order valence-corrected chi connectivity index (χ3v) is 5.35. The number of hydrogen-bond donors (Lipinski definition) is 1. The van der Waals surface area contributed by atoms with E-state index in [2.05, 4.69) is 18.9 Å². The lowest BCUT2D eigenvalue weighted by Gasteiger charge is -2.40. The number of piperidine rings is 1. The first-order chi connectivity index (χ1) is 6.63. The number of aliphatic hydroxyl groups is 1. The van der Waals surface area contributed by atoms with Crippen LogP contribution >= 0.6 is 11.8 Å². The normalized spacial score (nSPS) is 41.8. The van der Waals surface area contributed by atoms with E-state index in [-0.39, 0.29) is 5.60 Å². The summed E-state index contributed by atoms with van der Waals surface area (Å²) in [5.74, 6) is 1.69. The van der Waals surface area contributed by atoms with Crippen molar-refractivity contribution in [2.75, 3.05) is 25.9 Å². The van der Waals surface area contributed by atoms with Gasteiger partial charge in [0.15, 0.2) is 0 Å². The zero-order valence-electron chi connectivity index (χ0n) is 9.20. The molecular weight excluding hydrogens is 194 g/mol. The summed E-state index contributed by atoms with van der Waals surface area (Å²) in [5.41, 5.74) is -0.355. The molecule has 2 saturated heterocycles. The molecule has 82 valence electrons. The Morgan fingerprint density at radius 2 is 2.00 bits per heavy atom. The summed E-state index contributed by atoms with van der Waals surface area (Å²) < 4.78 is 0. The minimum absolute atomic E-state index is 0.355. The van der Waals surface area contributed by atoms with Gasteiger partial charge in [0.2, 0.25) is 0 Å². The van der Waals surface area contributed by atoms with Crippen LogP contribution in [0.1, 0.15) is 26.2 Å². The van der Waals surface area contributed by atoms with Gasteiger partial charge in [-0.1, -0.05) is 6.92 Å². The zero-order valence-corrected chi connectivity index (χ0v) is 10.0. The maximum Gasteiger partial charge on any atom is 0.0799 e. The molecule has 0 bridgehead atoms. The van der Waals surface area contributed by atoms with Gasteiger partial charge in [-0.25, -0.2) is 0 Å². The highest BCUT2D eigenvalue weighted by molar-refractivity contribution is 8.00.